The van der Waals surface area contributed by atoms with E-state index in [2.05, 4.69) is 0 Å². The summed E-state index contributed by atoms with van der Waals surface area (Å²) >= 11 is 11.7. The number of carbonyl (C=O) groups is 1. The van der Waals surface area contributed by atoms with E-state index in [-0.39, 0.29) is 11.3 Å². The Morgan fingerprint density at radius 3 is 2.21 bits per heavy atom. The summed E-state index contributed by atoms with van der Waals surface area (Å²) < 4.78 is 5.51. The third-order valence-corrected chi connectivity index (χ3v) is 2.76. The lowest BCUT2D eigenvalue weighted by atomic mass is 10.2. The molecule has 6 heteroatoms. The summed E-state index contributed by atoms with van der Waals surface area (Å²) in [6, 6.07) is 9.08. The minimum absolute atomic E-state index is 0.0245. The van der Waals surface area contributed by atoms with Crippen LogP contribution in [0.25, 0.3) is 0 Å². The van der Waals surface area contributed by atoms with Crippen LogP contribution in [0.1, 0.15) is 10.4 Å². The topological polar surface area (TPSA) is 72.5 Å². The second kappa shape index (κ2) is 5.38. The number of rotatable bonds is 3. The van der Waals surface area contributed by atoms with Crippen LogP contribution < -0.4 is 10.5 Å². The maximum Gasteiger partial charge on any atom is 0.337 e. The van der Waals surface area contributed by atoms with Gasteiger partial charge in [0.25, 0.3) is 0 Å². The molecule has 0 unspecified atom stereocenters. The zero-order valence-corrected chi connectivity index (χ0v) is 11.1. The fraction of sp³-hybridized carbons (Fsp3) is 0. The van der Waals surface area contributed by atoms with Gasteiger partial charge >= 0.3 is 5.97 Å². The van der Waals surface area contributed by atoms with E-state index in [1.165, 1.54) is 18.2 Å². The van der Waals surface area contributed by atoms with Crippen LogP contribution in [0.3, 0.4) is 0 Å². The summed E-state index contributed by atoms with van der Waals surface area (Å²) in [6.07, 6.45) is 0. The van der Waals surface area contributed by atoms with Gasteiger partial charge in [-0.05, 0) is 30.3 Å². The van der Waals surface area contributed by atoms with E-state index in [0.29, 0.717) is 21.5 Å². The van der Waals surface area contributed by atoms with E-state index < -0.39 is 5.97 Å². The van der Waals surface area contributed by atoms with Crippen LogP contribution in [0.2, 0.25) is 10.0 Å². The molecule has 0 aromatic heterocycles. The molecule has 0 aliphatic heterocycles. The average molecular weight is 298 g/mol. The normalized spacial score (nSPS) is 10.2. The molecule has 19 heavy (non-hydrogen) atoms. The second-order valence-electron chi connectivity index (χ2n) is 3.76. The Morgan fingerprint density at radius 2 is 1.68 bits per heavy atom. The molecule has 2 aromatic rings. The van der Waals surface area contributed by atoms with Crippen molar-refractivity contribution in [2.24, 2.45) is 0 Å². The first kappa shape index (κ1) is 13.5. The number of hydrogen-bond acceptors (Lipinski definition) is 3. The highest BCUT2D eigenvalue weighted by Gasteiger charge is 2.09. The third-order valence-electron chi connectivity index (χ3n) is 2.33. The number of anilines is 1. The first-order valence-electron chi connectivity index (χ1n) is 5.22. The highest BCUT2D eigenvalue weighted by molar-refractivity contribution is 6.34. The number of benzene rings is 2. The largest absolute Gasteiger partial charge is 0.478 e. The number of ether oxygens (including phenoxy) is 1. The fourth-order valence-electron chi connectivity index (χ4n) is 1.52. The molecule has 0 heterocycles. The number of halogens is 2. The molecule has 2 rings (SSSR count). The molecule has 4 nitrogen and oxygen atoms in total. The van der Waals surface area contributed by atoms with Crippen molar-refractivity contribution >= 4 is 34.9 Å². The maximum atomic E-state index is 10.8. The Balaban J connectivity index is 2.28. The minimum atomic E-state index is -1.09. The van der Waals surface area contributed by atoms with Gasteiger partial charge in [-0.2, -0.15) is 0 Å². The van der Waals surface area contributed by atoms with Crippen molar-refractivity contribution in [1.29, 1.82) is 0 Å². The van der Waals surface area contributed by atoms with E-state index in [0.717, 1.165) is 0 Å². The van der Waals surface area contributed by atoms with Gasteiger partial charge in [0.2, 0.25) is 0 Å². The Bertz CT molecular complexity index is 624. The number of nitrogens with two attached hydrogens (primary N) is 1. The van der Waals surface area contributed by atoms with Gasteiger partial charge in [0.05, 0.1) is 5.56 Å². The van der Waals surface area contributed by atoms with Crippen LogP contribution in [0.5, 0.6) is 11.5 Å². The van der Waals surface area contributed by atoms with Crippen LogP contribution in [0.15, 0.2) is 36.4 Å². The Labute approximate surface area is 119 Å². The lowest BCUT2D eigenvalue weighted by Crippen LogP contribution is -2.02. The summed E-state index contributed by atoms with van der Waals surface area (Å²) in [4.78, 5) is 10.8. The molecule has 0 radical (unpaired) electrons. The van der Waals surface area contributed by atoms with E-state index in [1.54, 1.807) is 18.2 Å². The maximum absolute atomic E-state index is 10.8. The Kier molecular flexibility index (Phi) is 3.83. The fourth-order valence-corrected chi connectivity index (χ4v) is 2.03. The van der Waals surface area contributed by atoms with Crippen molar-refractivity contribution in [1.82, 2.24) is 0 Å². The SMILES string of the molecule is Nc1cc(Oc2cc(Cl)cc(Cl)c2)ccc1C(=O)O. The standard InChI is InChI=1S/C13H9Cl2NO3/c14-7-3-8(15)5-10(4-7)19-9-1-2-11(13(17)18)12(16)6-9/h1-6H,16H2,(H,17,18). The van der Waals surface area contributed by atoms with Crippen LogP contribution in [0, 0.1) is 0 Å². The zero-order chi connectivity index (χ0) is 14.0. The summed E-state index contributed by atoms with van der Waals surface area (Å²) in [5, 5.41) is 9.75. The number of carboxylic acids is 1. The molecular weight excluding hydrogens is 289 g/mol. The van der Waals surface area contributed by atoms with Crippen molar-refractivity contribution in [2.45, 2.75) is 0 Å². The summed E-state index contributed by atoms with van der Waals surface area (Å²) in [5.41, 5.74) is 5.77. The van der Waals surface area contributed by atoms with Crippen molar-refractivity contribution in [3.8, 4) is 11.5 Å². The molecule has 0 saturated carbocycles. The molecule has 0 bridgehead atoms. The Morgan fingerprint density at radius 1 is 1.05 bits per heavy atom. The summed E-state index contributed by atoms with van der Waals surface area (Å²) in [7, 11) is 0. The number of hydrogen-bond donors (Lipinski definition) is 2. The predicted octanol–water partition coefficient (Wildman–Crippen LogP) is 4.07. The average Bonchev–Trinajstić information content (AvgIpc) is 2.26. The van der Waals surface area contributed by atoms with Gasteiger partial charge in [-0.1, -0.05) is 23.2 Å². The van der Waals surface area contributed by atoms with E-state index in [1.807, 2.05) is 0 Å². The van der Waals surface area contributed by atoms with Gasteiger partial charge in [0, 0.05) is 21.8 Å². The zero-order valence-electron chi connectivity index (χ0n) is 9.56. The van der Waals surface area contributed by atoms with Gasteiger partial charge < -0.3 is 15.6 Å². The highest BCUT2D eigenvalue weighted by Crippen LogP contribution is 2.29. The van der Waals surface area contributed by atoms with E-state index in [4.69, 9.17) is 38.8 Å². The highest BCUT2D eigenvalue weighted by atomic mass is 35.5. The van der Waals surface area contributed by atoms with E-state index >= 15 is 0 Å². The van der Waals surface area contributed by atoms with Crippen molar-refractivity contribution in [3.63, 3.8) is 0 Å². The molecule has 0 fully saturated rings. The first-order chi connectivity index (χ1) is 8.95. The molecule has 0 aliphatic carbocycles. The van der Waals surface area contributed by atoms with Gasteiger partial charge in [0.15, 0.2) is 0 Å². The molecule has 98 valence electrons. The van der Waals surface area contributed by atoms with Crippen LogP contribution in [0.4, 0.5) is 5.69 Å². The molecule has 2 aromatic carbocycles. The monoisotopic (exact) mass is 297 g/mol. The number of nitrogen functional groups attached to an aromatic ring is 1. The number of carboxylic acid groups (broad SMARTS) is 1. The van der Waals surface area contributed by atoms with Gasteiger partial charge in [-0.25, -0.2) is 4.79 Å². The molecule has 3 N–H and O–H groups in total. The molecule has 0 spiro atoms. The van der Waals surface area contributed by atoms with Crippen molar-refractivity contribution < 1.29 is 14.6 Å². The minimum Gasteiger partial charge on any atom is -0.478 e. The first-order valence-corrected chi connectivity index (χ1v) is 5.98. The molecule has 0 amide bonds. The van der Waals surface area contributed by atoms with Crippen molar-refractivity contribution in [3.05, 3.63) is 52.0 Å². The third kappa shape index (κ3) is 3.30. The molecule has 0 aliphatic rings. The lowest BCUT2D eigenvalue weighted by molar-refractivity contribution is 0.0698. The smallest absolute Gasteiger partial charge is 0.337 e. The van der Waals surface area contributed by atoms with Crippen LogP contribution in [-0.2, 0) is 0 Å². The van der Waals surface area contributed by atoms with E-state index in [9.17, 15) is 4.79 Å². The lowest BCUT2D eigenvalue weighted by Gasteiger charge is -2.08. The summed E-state index contributed by atoms with van der Waals surface area (Å²) in [6.45, 7) is 0. The summed E-state index contributed by atoms with van der Waals surface area (Å²) in [5.74, 6) is -0.240. The van der Waals surface area contributed by atoms with Gasteiger partial charge in [-0.15, -0.1) is 0 Å². The number of aromatic carboxylic acids is 1. The Hall–Kier alpha value is -1.91. The quantitative estimate of drug-likeness (QED) is 0.838. The van der Waals surface area contributed by atoms with Crippen LogP contribution in [-0.4, -0.2) is 11.1 Å². The van der Waals surface area contributed by atoms with Gasteiger partial charge in [0.1, 0.15) is 11.5 Å². The molecule has 0 atom stereocenters. The predicted molar refractivity (Wildman–Crippen MR) is 74.3 cm³/mol. The molecule has 0 saturated heterocycles. The van der Waals surface area contributed by atoms with Crippen molar-refractivity contribution in [2.75, 3.05) is 5.73 Å². The second-order valence-corrected chi connectivity index (χ2v) is 4.63. The molecular formula is C13H9Cl2NO3. The van der Waals surface area contributed by atoms with Gasteiger partial charge in [-0.3, -0.25) is 0 Å². The van der Waals surface area contributed by atoms with Crippen LogP contribution >= 0.6 is 23.2 Å².